The van der Waals surface area contributed by atoms with Crippen molar-refractivity contribution in [2.75, 3.05) is 0 Å². The highest BCUT2D eigenvalue weighted by atomic mass is 16.6. The highest BCUT2D eigenvalue weighted by Gasteiger charge is 2.15. The number of rotatable bonds is 2. The molecule has 12 heavy (non-hydrogen) atoms. The Morgan fingerprint density at radius 3 is 2.50 bits per heavy atom. The van der Waals surface area contributed by atoms with Gasteiger partial charge in [-0.15, -0.1) is 0 Å². The molecule has 1 radical (unpaired) electrons. The van der Waals surface area contributed by atoms with Crippen molar-refractivity contribution in [3.8, 4) is 0 Å². The Hall–Kier alpha value is -1.42. The van der Waals surface area contributed by atoms with E-state index in [1.165, 1.54) is 12.1 Å². The van der Waals surface area contributed by atoms with Crippen LogP contribution in [0.3, 0.4) is 0 Å². The highest BCUT2D eigenvalue weighted by molar-refractivity contribution is 5.41. The van der Waals surface area contributed by atoms with Gasteiger partial charge in [-0.25, -0.2) is 0 Å². The zero-order chi connectivity index (χ0) is 9.14. The van der Waals surface area contributed by atoms with Gasteiger partial charge >= 0.3 is 0 Å². The number of hydrogen-bond donors (Lipinski definition) is 1. The van der Waals surface area contributed by atoms with Crippen molar-refractivity contribution in [3.05, 3.63) is 46.9 Å². The van der Waals surface area contributed by atoms with Crippen LogP contribution >= 0.6 is 0 Å². The maximum absolute atomic E-state index is 10.4. The highest BCUT2D eigenvalue weighted by Crippen LogP contribution is 2.23. The van der Waals surface area contributed by atoms with E-state index in [-0.39, 0.29) is 11.3 Å². The van der Waals surface area contributed by atoms with Crippen molar-refractivity contribution in [1.82, 2.24) is 0 Å². The lowest BCUT2D eigenvalue weighted by Crippen LogP contribution is -1.98. The van der Waals surface area contributed by atoms with E-state index < -0.39 is 11.0 Å². The molecule has 0 saturated carbocycles. The van der Waals surface area contributed by atoms with Gasteiger partial charge in [0.05, 0.1) is 16.6 Å². The molecule has 63 valence electrons. The van der Waals surface area contributed by atoms with Gasteiger partial charge in [-0.2, -0.15) is 0 Å². The minimum Gasteiger partial charge on any atom is -0.388 e. The number of nitrogens with zero attached hydrogens (tertiary/aromatic N) is 1. The van der Waals surface area contributed by atoms with E-state index in [9.17, 15) is 10.1 Å². The van der Waals surface area contributed by atoms with Gasteiger partial charge in [-0.3, -0.25) is 10.1 Å². The second kappa shape index (κ2) is 3.32. The normalized spacial score (nSPS) is 12.5. The summed E-state index contributed by atoms with van der Waals surface area (Å²) in [5.74, 6) is 0. The second-order valence-electron chi connectivity index (χ2n) is 2.33. The Bertz CT molecular complexity index is 296. The summed E-state index contributed by atoms with van der Waals surface area (Å²) in [6.45, 7) is 3.30. The molecule has 1 unspecified atom stereocenters. The molecule has 4 heteroatoms. The summed E-state index contributed by atoms with van der Waals surface area (Å²) in [4.78, 5) is 9.85. The van der Waals surface area contributed by atoms with E-state index in [4.69, 9.17) is 5.11 Å². The van der Waals surface area contributed by atoms with Crippen molar-refractivity contribution in [2.45, 2.75) is 6.10 Å². The summed E-state index contributed by atoms with van der Waals surface area (Å²) in [7, 11) is 0. The quantitative estimate of drug-likeness (QED) is 0.534. The molecule has 0 aromatic heterocycles. The molecule has 0 spiro atoms. The maximum Gasteiger partial charge on any atom is 0.275 e. The van der Waals surface area contributed by atoms with Crippen LogP contribution in [0, 0.1) is 17.0 Å². The van der Waals surface area contributed by atoms with E-state index in [0.717, 1.165) is 0 Å². The van der Waals surface area contributed by atoms with E-state index >= 15 is 0 Å². The largest absolute Gasteiger partial charge is 0.388 e. The van der Waals surface area contributed by atoms with Gasteiger partial charge in [0.15, 0.2) is 0 Å². The van der Waals surface area contributed by atoms with Crippen LogP contribution in [0.4, 0.5) is 5.69 Å². The summed E-state index contributed by atoms with van der Waals surface area (Å²) in [5.41, 5.74) is 0.141. The molecule has 0 fully saturated rings. The fourth-order valence-corrected chi connectivity index (χ4v) is 0.936. The first-order chi connectivity index (χ1) is 5.63. The Kier molecular flexibility index (Phi) is 2.40. The Labute approximate surface area is 69.6 Å². The molecule has 0 saturated heterocycles. The number of benzene rings is 1. The van der Waals surface area contributed by atoms with Crippen molar-refractivity contribution < 1.29 is 10.0 Å². The molecular formula is C8H8NO3. The Morgan fingerprint density at radius 2 is 2.08 bits per heavy atom. The fourth-order valence-electron chi connectivity index (χ4n) is 0.936. The summed E-state index contributed by atoms with van der Waals surface area (Å²) >= 11 is 0. The van der Waals surface area contributed by atoms with Crippen LogP contribution in [0.2, 0.25) is 0 Å². The van der Waals surface area contributed by atoms with Crippen molar-refractivity contribution in [1.29, 1.82) is 0 Å². The lowest BCUT2D eigenvalue weighted by Gasteiger charge is -2.03. The molecule has 0 aliphatic heterocycles. The SMILES string of the molecule is [CH2]C(O)c1ccccc1[N+](=O)[O-]. The minimum absolute atomic E-state index is 0.0972. The number of aliphatic hydroxyl groups excluding tert-OH is 1. The molecule has 1 aromatic rings. The third-order valence-corrected chi connectivity index (χ3v) is 1.49. The van der Waals surface area contributed by atoms with Crippen LogP contribution in [0.15, 0.2) is 24.3 Å². The van der Waals surface area contributed by atoms with Crippen LogP contribution < -0.4 is 0 Å². The molecule has 0 aliphatic carbocycles. The molecule has 0 amide bonds. The molecule has 4 nitrogen and oxygen atoms in total. The van der Waals surface area contributed by atoms with E-state index in [2.05, 4.69) is 6.92 Å². The van der Waals surface area contributed by atoms with Crippen LogP contribution in [0.5, 0.6) is 0 Å². The monoisotopic (exact) mass is 166 g/mol. The predicted octanol–water partition coefficient (Wildman–Crippen LogP) is 1.46. The molecule has 0 aliphatic rings. The summed E-state index contributed by atoms with van der Waals surface area (Å²) in [6.07, 6.45) is -1.05. The van der Waals surface area contributed by atoms with Gasteiger partial charge in [0.1, 0.15) is 0 Å². The van der Waals surface area contributed by atoms with E-state index in [0.29, 0.717) is 0 Å². The number of aliphatic hydroxyl groups is 1. The second-order valence-corrected chi connectivity index (χ2v) is 2.33. The lowest BCUT2D eigenvalue weighted by atomic mass is 10.1. The Morgan fingerprint density at radius 1 is 1.50 bits per heavy atom. The molecule has 1 aromatic carbocycles. The van der Waals surface area contributed by atoms with Gasteiger partial charge in [0.2, 0.25) is 0 Å². The van der Waals surface area contributed by atoms with Crippen LogP contribution in [0.1, 0.15) is 11.7 Å². The van der Waals surface area contributed by atoms with Crippen molar-refractivity contribution in [2.24, 2.45) is 0 Å². The average Bonchev–Trinajstić information content (AvgIpc) is 2.04. The molecular weight excluding hydrogens is 158 g/mol. The van der Waals surface area contributed by atoms with Crippen LogP contribution in [-0.4, -0.2) is 10.0 Å². The van der Waals surface area contributed by atoms with Gasteiger partial charge in [0.25, 0.3) is 5.69 Å². The first kappa shape index (κ1) is 8.67. The smallest absolute Gasteiger partial charge is 0.275 e. The number of para-hydroxylation sites is 1. The Balaban J connectivity index is 3.17. The van der Waals surface area contributed by atoms with Gasteiger partial charge in [-0.1, -0.05) is 12.1 Å². The third-order valence-electron chi connectivity index (χ3n) is 1.49. The lowest BCUT2D eigenvalue weighted by molar-refractivity contribution is -0.386. The molecule has 1 rings (SSSR count). The molecule has 0 bridgehead atoms. The zero-order valence-electron chi connectivity index (χ0n) is 6.30. The minimum atomic E-state index is -1.05. The zero-order valence-corrected chi connectivity index (χ0v) is 6.30. The van der Waals surface area contributed by atoms with Crippen LogP contribution in [-0.2, 0) is 0 Å². The number of nitro groups is 1. The van der Waals surface area contributed by atoms with Crippen LogP contribution in [0.25, 0.3) is 0 Å². The van der Waals surface area contributed by atoms with Crippen molar-refractivity contribution in [3.63, 3.8) is 0 Å². The third kappa shape index (κ3) is 1.60. The maximum atomic E-state index is 10.4. The van der Waals surface area contributed by atoms with Gasteiger partial charge < -0.3 is 5.11 Å². The predicted molar refractivity (Wildman–Crippen MR) is 43.4 cm³/mol. The first-order valence-corrected chi connectivity index (χ1v) is 3.37. The standard InChI is InChI=1S/C8H8NO3/c1-6(10)7-4-2-3-5-8(7)9(11)12/h2-6,10H,1H2. The van der Waals surface area contributed by atoms with Gasteiger partial charge in [-0.05, 0) is 13.0 Å². The summed E-state index contributed by atoms with van der Waals surface area (Å²) < 4.78 is 0. The number of hydrogen-bond acceptors (Lipinski definition) is 3. The fraction of sp³-hybridized carbons (Fsp3) is 0.125. The van der Waals surface area contributed by atoms with E-state index in [1.807, 2.05) is 0 Å². The van der Waals surface area contributed by atoms with Gasteiger partial charge in [0, 0.05) is 6.07 Å². The number of nitro benzene ring substituents is 1. The molecule has 1 N–H and O–H groups in total. The summed E-state index contributed by atoms with van der Waals surface area (Å²) in [5, 5.41) is 19.4. The topological polar surface area (TPSA) is 63.4 Å². The molecule has 0 heterocycles. The summed E-state index contributed by atoms with van der Waals surface area (Å²) in [6, 6.07) is 5.99. The van der Waals surface area contributed by atoms with E-state index in [1.54, 1.807) is 12.1 Å². The van der Waals surface area contributed by atoms with Crippen molar-refractivity contribution >= 4 is 5.69 Å². The average molecular weight is 166 g/mol. The molecule has 1 atom stereocenters. The first-order valence-electron chi connectivity index (χ1n) is 3.37.